The third-order valence-electron chi connectivity index (χ3n) is 4.94. The summed E-state index contributed by atoms with van der Waals surface area (Å²) >= 11 is 9.74. The Kier molecular flexibility index (Phi) is 7.09. The molecule has 0 unspecified atom stereocenters. The van der Waals surface area contributed by atoms with E-state index in [0.717, 1.165) is 15.4 Å². The topological polar surface area (TPSA) is 62.1 Å². The van der Waals surface area contributed by atoms with Crippen LogP contribution in [0.3, 0.4) is 0 Å². The zero-order chi connectivity index (χ0) is 23.2. The summed E-state index contributed by atoms with van der Waals surface area (Å²) in [4.78, 5) is 12.5. The molecule has 4 nitrogen and oxygen atoms in total. The van der Waals surface area contributed by atoms with Crippen molar-refractivity contribution in [2.24, 2.45) is 0 Å². The molecule has 4 rings (SSSR count). The fourth-order valence-electron chi connectivity index (χ4n) is 3.26. The summed E-state index contributed by atoms with van der Waals surface area (Å²) in [6.07, 6.45) is 1.49. The van der Waals surface area contributed by atoms with E-state index in [1.807, 2.05) is 36.4 Å². The smallest absolute Gasteiger partial charge is 0.266 e. The van der Waals surface area contributed by atoms with Gasteiger partial charge in [0.05, 0.1) is 5.02 Å². The van der Waals surface area contributed by atoms with E-state index in [1.54, 1.807) is 30.3 Å². The van der Waals surface area contributed by atoms with Gasteiger partial charge in [0.1, 0.15) is 24.0 Å². The van der Waals surface area contributed by atoms with Crippen molar-refractivity contribution in [3.05, 3.63) is 111 Å². The highest BCUT2D eigenvalue weighted by atomic mass is 79.9. The molecule has 33 heavy (non-hydrogen) atoms. The van der Waals surface area contributed by atoms with Gasteiger partial charge < -0.3 is 10.1 Å². The Morgan fingerprint density at radius 1 is 1.00 bits per heavy atom. The van der Waals surface area contributed by atoms with Crippen molar-refractivity contribution in [3.8, 4) is 11.8 Å². The number of carbonyl (C=O) groups excluding carboxylic acids is 1. The molecule has 1 amide bonds. The molecule has 0 aliphatic carbocycles. The molecule has 0 radical (unpaired) electrons. The molecular formula is C27H18BrClN2O2. The van der Waals surface area contributed by atoms with Crippen molar-refractivity contribution in [1.82, 2.24) is 0 Å². The second-order valence-electron chi connectivity index (χ2n) is 7.29. The fourth-order valence-corrected chi connectivity index (χ4v) is 3.77. The SMILES string of the molecule is N#C/C(=C\c1ccc(OCc2ccc3ccccc3c2)c(Cl)c1)C(=O)Nc1ccc(Br)cc1. The Morgan fingerprint density at radius 3 is 2.48 bits per heavy atom. The van der Waals surface area contributed by atoms with Crippen LogP contribution >= 0.6 is 27.5 Å². The predicted octanol–water partition coefficient (Wildman–Crippen LogP) is 7.38. The largest absolute Gasteiger partial charge is 0.487 e. The average molecular weight is 518 g/mol. The number of nitrogens with zero attached hydrogens (tertiary/aromatic N) is 1. The molecule has 0 saturated heterocycles. The molecule has 0 aliphatic heterocycles. The maximum absolute atomic E-state index is 12.5. The zero-order valence-electron chi connectivity index (χ0n) is 17.4. The Morgan fingerprint density at radius 2 is 1.76 bits per heavy atom. The monoisotopic (exact) mass is 516 g/mol. The number of carbonyl (C=O) groups is 1. The second kappa shape index (κ2) is 10.4. The van der Waals surface area contributed by atoms with E-state index in [9.17, 15) is 10.1 Å². The first-order valence-electron chi connectivity index (χ1n) is 10.1. The lowest BCUT2D eigenvalue weighted by Gasteiger charge is -2.10. The van der Waals surface area contributed by atoms with E-state index in [-0.39, 0.29) is 5.57 Å². The summed E-state index contributed by atoms with van der Waals surface area (Å²) in [6, 6.07) is 28.5. The summed E-state index contributed by atoms with van der Waals surface area (Å²) in [5, 5.41) is 14.9. The van der Waals surface area contributed by atoms with Gasteiger partial charge in [-0.25, -0.2) is 0 Å². The van der Waals surface area contributed by atoms with E-state index in [2.05, 4.69) is 45.5 Å². The standard InChI is InChI=1S/C27H18BrClN2O2/c28-23-8-10-24(11-9-23)31-27(32)22(16-30)13-18-6-12-26(25(29)15-18)33-17-19-5-7-20-3-1-2-4-21(20)14-19/h1-15H,17H2,(H,31,32)/b22-13+. The van der Waals surface area contributed by atoms with Crippen molar-refractivity contribution >= 4 is 56.0 Å². The number of hydrogen-bond donors (Lipinski definition) is 1. The van der Waals surface area contributed by atoms with Crippen molar-refractivity contribution in [2.75, 3.05) is 5.32 Å². The normalized spacial score (nSPS) is 11.1. The fraction of sp³-hybridized carbons (Fsp3) is 0.0370. The lowest BCUT2D eigenvalue weighted by molar-refractivity contribution is -0.112. The molecular weight excluding hydrogens is 500 g/mol. The maximum atomic E-state index is 12.5. The summed E-state index contributed by atoms with van der Waals surface area (Å²) in [5.74, 6) is 0.0346. The Hall–Kier alpha value is -3.59. The van der Waals surface area contributed by atoms with Gasteiger partial charge in [-0.15, -0.1) is 0 Å². The molecule has 0 bridgehead atoms. The van der Waals surface area contributed by atoms with Gasteiger partial charge in [-0.3, -0.25) is 4.79 Å². The van der Waals surface area contributed by atoms with Crippen molar-refractivity contribution in [3.63, 3.8) is 0 Å². The molecule has 0 heterocycles. The van der Waals surface area contributed by atoms with Crippen LogP contribution in [-0.4, -0.2) is 5.91 Å². The van der Waals surface area contributed by atoms with E-state index >= 15 is 0 Å². The van der Waals surface area contributed by atoms with Crippen LogP contribution in [0, 0.1) is 11.3 Å². The molecule has 6 heteroatoms. The molecule has 0 atom stereocenters. The van der Waals surface area contributed by atoms with Crippen LogP contribution in [0.4, 0.5) is 5.69 Å². The number of nitrogens with one attached hydrogen (secondary N) is 1. The number of amides is 1. The number of ether oxygens (including phenoxy) is 1. The number of anilines is 1. The maximum Gasteiger partial charge on any atom is 0.266 e. The van der Waals surface area contributed by atoms with Crippen LogP contribution in [0.15, 0.2) is 95.0 Å². The number of rotatable bonds is 6. The van der Waals surface area contributed by atoms with Gasteiger partial charge in [-0.2, -0.15) is 5.26 Å². The summed E-state index contributed by atoms with van der Waals surface area (Å²) in [7, 11) is 0. The van der Waals surface area contributed by atoms with Gasteiger partial charge in [0.25, 0.3) is 5.91 Å². The number of halogens is 2. The minimum atomic E-state index is -0.493. The van der Waals surface area contributed by atoms with E-state index in [0.29, 0.717) is 28.6 Å². The highest BCUT2D eigenvalue weighted by Gasteiger charge is 2.11. The van der Waals surface area contributed by atoms with Crippen molar-refractivity contribution in [2.45, 2.75) is 6.61 Å². The Balaban J connectivity index is 1.45. The predicted molar refractivity (Wildman–Crippen MR) is 136 cm³/mol. The van der Waals surface area contributed by atoms with Gasteiger partial charge in [-0.05, 0) is 70.4 Å². The first-order valence-corrected chi connectivity index (χ1v) is 11.3. The number of fused-ring (bicyclic) bond motifs is 1. The van der Waals surface area contributed by atoms with Gasteiger partial charge in [0, 0.05) is 10.2 Å². The molecule has 4 aromatic rings. The summed E-state index contributed by atoms with van der Waals surface area (Å²) in [5.41, 5.74) is 2.23. The van der Waals surface area contributed by atoms with E-state index < -0.39 is 5.91 Å². The Bertz CT molecular complexity index is 1390. The van der Waals surface area contributed by atoms with Gasteiger partial charge in [0.15, 0.2) is 0 Å². The van der Waals surface area contributed by atoms with Crippen LogP contribution in [0.5, 0.6) is 5.75 Å². The molecule has 0 aliphatic rings. The Labute approximate surface area is 205 Å². The quantitative estimate of drug-likeness (QED) is 0.214. The highest BCUT2D eigenvalue weighted by Crippen LogP contribution is 2.28. The number of hydrogen-bond acceptors (Lipinski definition) is 3. The summed E-state index contributed by atoms with van der Waals surface area (Å²) in [6.45, 7) is 0.374. The number of nitriles is 1. The van der Waals surface area contributed by atoms with Crippen LogP contribution in [0.2, 0.25) is 5.02 Å². The minimum Gasteiger partial charge on any atom is -0.487 e. The van der Waals surface area contributed by atoms with Crippen LogP contribution < -0.4 is 10.1 Å². The summed E-state index contributed by atoms with van der Waals surface area (Å²) < 4.78 is 6.79. The van der Waals surface area contributed by atoms with E-state index in [4.69, 9.17) is 16.3 Å². The minimum absolute atomic E-state index is 0.0289. The molecule has 0 spiro atoms. The average Bonchev–Trinajstić information content (AvgIpc) is 2.83. The zero-order valence-corrected chi connectivity index (χ0v) is 19.7. The number of benzene rings is 4. The highest BCUT2D eigenvalue weighted by molar-refractivity contribution is 9.10. The molecule has 1 N–H and O–H groups in total. The lowest BCUT2D eigenvalue weighted by Crippen LogP contribution is -2.13. The first kappa shape index (κ1) is 22.6. The second-order valence-corrected chi connectivity index (χ2v) is 8.61. The molecule has 0 fully saturated rings. The van der Waals surface area contributed by atoms with Crippen molar-refractivity contribution in [1.29, 1.82) is 5.26 Å². The third-order valence-corrected chi connectivity index (χ3v) is 5.77. The van der Waals surface area contributed by atoms with E-state index in [1.165, 1.54) is 11.5 Å². The molecule has 162 valence electrons. The first-order chi connectivity index (χ1) is 16.0. The van der Waals surface area contributed by atoms with Gasteiger partial charge in [0.2, 0.25) is 0 Å². The van der Waals surface area contributed by atoms with Crippen LogP contribution in [0.25, 0.3) is 16.8 Å². The van der Waals surface area contributed by atoms with Crippen LogP contribution in [0.1, 0.15) is 11.1 Å². The third kappa shape index (κ3) is 5.81. The molecule has 4 aromatic carbocycles. The lowest BCUT2D eigenvalue weighted by atomic mass is 10.1. The van der Waals surface area contributed by atoms with Crippen LogP contribution in [-0.2, 0) is 11.4 Å². The van der Waals surface area contributed by atoms with Gasteiger partial charge in [-0.1, -0.05) is 70.0 Å². The van der Waals surface area contributed by atoms with Crippen molar-refractivity contribution < 1.29 is 9.53 Å². The van der Waals surface area contributed by atoms with Gasteiger partial charge >= 0.3 is 0 Å². The molecule has 0 saturated carbocycles. The molecule has 0 aromatic heterocycles.